The van der Waals surface area contributed by atoms with Crippen molar-refractivity contribution in [2.75, 3.05) is 10.6 Å². The first-order chi connectivity index (χ1) is 14.5. The van der Waals surface area contributed by atoms with Crippen LogP contribution in [0.1, 0.15) is 57.4 Å². The standard InChI is InChI=1S/C22H31N5O2S/c1-2-3-14-26-19(23)18(20(28)25-21(26)29)27(15-16-10-6-4-7-11-16)22(30)24-17-12-8-5-9-13-17/h4,6-7,10-11,17H,2-3,5,8-9,12-15,23H2,1H3,(H,24,30)(H,25,28,29). The maximum atomic E-state index is 12.8. The van der Waals surface area contributed by atoms with Crippen molar-refractivity contribution in [3.63, 3.8) is 0 Å². The molecule has 162 valence electrons. The van der Waals surface area contributed by atoms with E-state index >= 15 is 0 Å². The molecule has 0 amide bonds. The molecule has 1 saturated carbocycles. The molecule has 0 spiro atoms. The maximum absolute atomic E-state index is 12.8. The highest BCUT2D eigenvalue weighted by atomic mass is 32.1. The normalized spacial score (nSPS) is 14.4. The molecule has 1 aliphatic carbocycles. The average molecular weight is 430 g/mol. The summed E-state index contributed by atoms with van der Waals surface area (Å²) in [5.74, 6) is 0.154. The van der Waals surface area contributed by atoms with Crippen molar-refractivity contribution in [3.05, 3.63) is 56.7 Å². The molecule has 3 rings (SSSR count). The lowest BCUT2D eigenvalue weighted by atomic mass is 9.96. The van der Waals surface area contributed by atoms with Crippen molar-refractivity contribution in [2.45, 2.75) is 71.0 Å². The molecule has 8 heteroatoms. The molecule has 0 bridgehead atoms. The van der Waals surface area contributed by atoms with E-state index in [0.717, 1.165) is 31.2 Å². The Kier molecular flexibility index (Phi) is 7.68. The first-order valence-electron chi connectivity index (χ1n) is 10.8. The van der Waals surface area contributed by atoms with Crippen LogP contribution in [0.2, 0.25) is 0 Å². The zero-order valence-corrected chi connectivity index (χ0v) is 18.3. The number of anilines is 2. The van der Waals surface area contributed by atoms with Crippen LogP contribution in [-0.2, 0) is 13.1 Å². The van der Waals surface area contributed by atoms with E-state index in [0.29, 0.717) is 18.2 Å². The van der Waals surface area contributed by atoms with Gasteiger partial charge in [-0.15, -0.1) is 0 Å². The molecule has 1 aromatic carbocycles. The second kappa shape index (κ2) is 10.4. The van der Waals surface area contributed by atoms with E-state index in [9.17, 15) is 9.59 Å². The van der Waals surface area contributed by atoms with Crippen LogP contribution in [0.25, 0.3) is 0 Å². The summed E-state index contributed by atoms with van der Waals surface area (Å²) in [6.07, 6.45) is 7.40. The fourth-order valence-corrected chi connectivity index (χ4v) is 4.22. The third-order valence-electron chi connectivity index (χ3n) is 5.58. The fraction of sp³-hybridized carbons (Fsp3) is 0.500. The second-order valence-corrected chi connectivity index (χ2v) is 8.24. The number of aromatic amines is 1. The van der Waals surface area contributed by atoms with Gasteiger partial charge in [0, 0.05) is 12.6 Å². The molecular formula is C22H31N5O2S. The van der Waals surface area contributed by atoms with Gasteiger partial charge in [-0.05, 0) is 37.0 Å². The smallest absolute Gasteiger partial charge is 0.330 e. The molecule has 30 heavy (non-hydrogen) atoms. The Bertz CT molecular complexity index is 964. The lowest BCUT2D eigenvalue weighted by molar-refractivity contribution is 0.413. The predicted octanol–water partition coefficient (Wildman–Crippen LogP) is 3.13. The van der Waals surface area contributed by atoms with Crippen molar-refractivity contribution in [1.29, 1.82) is 0 Å². The Labute approximate surface area is 182 Å². The van der Waals surface area contributed by atoms with E-state index in [1.807, 2.05) is 37.3 Å². The lowest BCUT2D eigenvalue weighted by Crippen LogP contribution is -2.48. The minimum Gasteiger partial charge on any atom is -0.383 e. The number of hydrogen-bond donors (Lipinski definition) is 3. The first kappa shape index (κ1) is 22.1. The van der Waals surface area contributed by atoms with Gasteiger partial charge in [0.15, 0.2) is 10.8 Å². The summed E-state index contributed by atoms with van der Waals surface area (Å²) >= 11 is 5.74. The van der Waals surface area contributed by atoms with Gasteiger partial charge in [-0.1, -0.05) is 62.9 Å². The number of nitrogens with zero attached hydrogens (tertiary/aromatic N) is 2. The molecule has 0 unspecified atom stereocenters. The summed E-state index contributed by atoms with van der Waals surface area (Å²) in [5.41, 5.74) is 6.58. The molecule has 0 atom stereocenters. The van der Waals surface area contributed by atoms with Gasteiger partial charge in [-0.2, -0.15) is 0 Å². The van der Waals surface area contributed by atoms with E-state index in [4.69, 9.17) is 18.0 Å². The van der Waals surface area contributed by atoms with Gasteiger partial charge in [-0.3, -0.25) is 14.3 Å². The number of nitrogen functional groups attached to an aromatic ring is 1. The van der Waals surface area contributed by atoms with Crippen molar-refractivity contribution in [3.8, 4) is 0 Å². The Morgan fingerprint density at radius 1 is 1.23 bits per heavy atom. The van der Waals surface area contributed by atoms with Crippen molar-refractivity contribution < 1.29 is 0 Å². The number of rotatable bonds is 7. The van der Waals surface area contributed by atoms with Crippen LogP contribution in [-0.4, -0.2) is 20.7 Å². The zero-order valence-electron chi connectivity index (χ0n) is 17.5. The number of benzene rings is 1. The van der Waals surface area contributed by atoms with E-state index < -0.39 is 11.2 Å². The second-order valence-electron chi connectivity index (χ2n) is 7.85. The van der Waals surface area contributed by atoms with Crippen LogP contribution < -0.4 is 27.2 Å². The van der Waals surface area contributed by atoms with Crippen molar-refractivity contribution in [2.24, 2.45) is 0 Å². The number of nitrogens with two attached hydrogens (primary N) is 1. The highest BCUT2D eigenvalue weighted by molar-refractivity contribution is 7.80. The molecule has 1 aliphatic rings. The zero-order chi connectivity index (χ0) is 21.5. The molecule has 4 N–H and O–H groups in total. The Morgan fingerprint density at radius 3 is 2.60 bits per heavy atom. The summed E-state index contributed by atoms with van der Waals surface area (Å²) in [4.78, 5) is 29.3. The topological polar surface area (TPSA) is 96.2 Å². The minimum absolute atomic E-state index is 0.154. The maximum Gasteiger partial charge on any atom is 0.330 e. The summed E-state index contributed by atoms with van der Waals surface area (Å²) < 4.78 is 1.43. The van der Waals surface area contributed by atoms with Gasteiger partial charge in [-0.25, -0.2) is 4.79 Å². The van der Waals surface area contributed by atoms with Crippen LogP contribution in [0, 0.1) is 0 Å². The number of aromatic nitrogens is 2. The van der Waals surface area contributed by atoms with E-state index in [1.54, 1.807) is 4.90 Å². The third kappa shape index (κ3) is 5.30. The molecule has 7 nitrogen and oxygen atoms in total. The molecule has 2 aromatic rings. The highest BCUT2D eigenvalue weighted by Gasteiger charge is 2.24. The molecule has 1 fully saturated rings. The molecular weight excluding hydrogens is 398 g/mol. The van der Waals surface area contributed by atoms with Gasteiger partial charge >= 0.3 is 5.69 Å². The van der Waals surface area contributed by atoms with Crippen LogP contribution >= 0.6 is 12.2 Å². The van der Waals surface area contributed by atoms with Crippen molar-refractivity contribution >= 4 is 28.8 Å². The van der Waals surface area contributed by atoms with Gasteiger partial charge in [0.2, 0.25) is 0 Å². The number of hydrogen-bond acceptors (Lipinski definition) is 4. The van der Waals surface area contributed by atoms with E-state index in [1.165, 1.54) is 23.8 Å². The third-order valence-corrected chi connectivity index (χ3v) is 5.92. The summed E-state index contributed by atoms with van der Waals surface area (Å²) in [5, 5.41) is 3.89. The lowest BCUT2D eigenvalue weighted by Gasteiger charge is -2.31. The van der Waals surface area contributed by atoms with Gasteiger partial charge in [0.1, 0.15) is 5.82 Å². The largest absolute Gasteiger partial charge is 0.383 e. The van der Waals surface area contributed by atoms with Gasteiger partial charge in [0.05, 0.1) is 6.54 Å². The average Bonchev–Trinajstić information content (AvgIpc) is 2.74. The molecule has 1 heterocycles. The molecule has 0 saturated heterocycles. The van der Waals surface area contributed by atoms with E-state index in [2.05, 4.69) is 10.3 Å². The summed E-state index contributed by atoms with van der Waals surface area (Å²) in [6.45, 7) is 2.88. The fourth-order valence-electron chi connectivity index (χ4n) is 3.89. The Hall–Kier alpha value is -2.61. The highest BCUT2D eigenvalue weighted by Crippen LogP contribution is 2.22. The minimum atomic E-state index is -0.519. The number of nitrogens with one attached hydrogen (secondary N) is 2. The van der Waals surface area contributed by atoms with Crippen molar-refractivity contribution in [1.82, 2.24) is 14.9 Å². The SMILES string of the molecule is CCCCn1c(N)c(N(Cc2ccccc2)C(=S)NC2CCCCC2)c(=O)[nH]c1=O. The number of H-pyrrole nitrogens is 1. The molecule has 0 aliphatic heterocycles. The van der Waals surface area contributed by atoms with Crippen LogP contribution in [0.4, 0.5) is 11.5 Å². The van der Waals surface area contributed by atoms with Crippen LogP contribution in [0.5, 0.6) is 0 Å². The molecule has 0 radical (unpaired) electrons. The molecule has 1 aromatic heterocycles. The monoisotopic (exact) mass is 429 g/mol. The van der Waals surface area contributed by atoms with Crippen LogP contribution in [0.15, 0.2) is 39.9 Å². The van der Waals surface area contributed by atoms with Gasteiger partial charge < -0.3 is 16.0 Å². The van der Waals surface area contributed by atoms with Crippen LogP contribution in [0.3, 0.4) is 0 Å². The summed E-state index contributed by atoms with van der Waals surface area (Å²) in [6, 6.07) is 10.1. The Balaban J connectivity index is 1.99. The number of thiocarbonyl (C=S) groups is 1. The van der Waals surface area contributed by atoms with E-state index in [-0.39, 0.29) is 17.5 Å². The van der Waals surface area contributed by atoms with Gasteiger partial charge in [0.25, 0.3) is 5.56 Å². The quantitative estimate of drug-likeness (QED) is 0.585. The predicted molar refractivity (Wildman–Crippen MR) is 126 cm³/mol. The first-order valence-corrected chi connectivity index (χ1v) is 11.2. The Morgan fingerprint density at radius 2 is 1.93 bits per heavy atom. The summed E-state index contributed by atoms with van der Waals surface area (Å²) in [7, 11) is 0. The number of unbranched alkanes of at least 4 members (excludes halogenated alkanes) is 1.